The van der Waals surface area contributed by atoms with Crippen molar-refractivity contribution in [3.05, 3.63) is 59.7 Å². The number of esters is 1. The lowest BCUT2D eigenvalue weighted by atomic mass is 9.67. The van der Waals surface area contributed by atoms with E-state index >= 15 is 0 Å². The number of carbonyl (C=O) groups excluding carboxylic acids is 1. The first-order valence-corrected chi connectivity index (χ1v) is 7.82. The van der Waals surface area contributed by atoms with Crippen LogP contribution in [0.2, 0.25) is 0 Å². The molecule has 1 heterocycles. The van der Waals surface area contributed by atoms with Crippen molar-refractivity contribution < 1.29 is 9.53 Å². The summed E-state index contributed by atoms with van der Waals surface area (Å²) in [6.07, 6.45) is 8.74. The number of hydrogen-bond acceptors (Lipinski definition) is 3. The summed E-state index contributed by atoms with van der Waals surface area (Å²) in [5, 5.41) is 0. The molecule has 0 radical (unpaired) electrons. The summed E-state index contributed by atoms with van der Waals surface area (Å²) in [7, 11) is 4.08. The van der Waals surface area contributed by atoms with Gasteiger partial charge in [-0.15, -0.1) is 0 Å². The summed E-state index contributed by atoms with van der Waals surface area (Å²) in [5.74, 6) is -0.0166. The predicted molar refractivity (Wildman–Crippen MR) is 87.7 cm³/mol. The van der Waals surface area contributed by atoms with Crippen molar-refractivity contribution in [1.29, 1.82) is 0 Å². The van der Waals surface area contributed by atoms with Crippen LogP contribution in [0.5, 0.6) is 0 Å². The van der Waals surface area contributed by atoms with Gasteiger partial charge in [-0.3, -0.25) is 4.79 Å². The number of allylic oxidation sites excluding steroid dienone is 2. The Labute approximate surface area is 132 Å². The molecular formula is C19H23NO2. The van der Waals surface area contributed by atoms with Crippen LogP contribution in [0.1, 0.15) is 17.5 Å². The Balaban J connectivity index is 2.06. The first-order chi connectivity index (χ1) is 10.5. The van der Waals surface area contributed by atoms with Gasteiger partial charge in [0.25, 0.3) is 0 Å². The highest BCUT2D eigenvalue weighted by Crippen LogP contribution is 2.47. The Kier molecular flexibility index (Phi) is 3.92. The molecule has 0 spiro atoms. The minimum Gasteiger partial charge on any atom is -0.457 e. The second-order valence-electron chi connectivity index (χ2n) is 6.56. The maximum Gasteiger partial charge on any atom is 0.317 e. The number of benzene rings is 1. The normalized spacial score (nSPS) is 29.7. The summed E-state index contributed by atoms with van der Waals surface area (Å²) in [4.78, 5) is 15.0. The number of hydrogen-bond donors (Lipinski definition) is 0. The van der Waals surface area contributed by atoms with Crippen molar-refractivity contribution in [3.63, 3.8) is 0 Å². The standard InChI is InChI=1S/C19H23NO2/c1-14-8-10-15(11-9-14)19(12-13-20(2)3)16-6-4-5-7-17(16)22-18(19)21/h4-11,16-17H,12-13H2,1-3H3. The molecule has 1 aromatic carbocycles. The molecule has 22 heavy (non-hydrogen) atoms. The molecule has 116 valence electrons. The highest BCUT2D eigenvalue weighted by Gasteiger charge is 2.56. The van der Waals surface area contributed by atoms with Gasteiger partial charge in [-0.1, -0.05) is 48.1 Å². The molecule has 3 atom stereocenters. The van der Waals surface area contributed by atoms with Crippen LogP contribution in [0.3, 0.4) is 0 Å². The molecule has 0 N–H and O–H groups in total. The molecule has 1 aromatic rings. The van der Waals surface area contributed by atoms with Gasteiger partial charge in [0.05, 0.1) is 0 Å². The van der Waals surface area contributed by atoms with Crippen LogP contribution < -0.4 is 0 Å². The van der Waals surface area contributed by atoms with Gasteiger partial charge in [0.15, 0.2) is 0 Å². The molecular weight excluding hydrogens is 274 g/mol. The highest BCUT2D eigenvalue weighted by molar-refractivity contribution is 5.87. The maximum atomic E-state index is 12.9. The third-order valence-electron chi connectivity index (χ3n) is 4.78. The number of carbonyl (C=O) groups is 1. The Bertz CT molecular complexity index is 615. The molecule has 0 aromatic heterocycles. The third-order valence-corrected chi connectivity index (χ3v) is 4.78. The first kappa shape index (κ1) is 15.0. The van der Waals surface area contributed by atoms with Gasteiger partial charge in [-0.05, 0) is 45.6 Å². The first-order valence-electron chi connectivity index (χ1n) is 7.82. The highest BCUT2D eigenvalue weighted by atomic mass is 16.6. The van der Waals surface area contributed by atoms with Crippen LogP contribution in [0.25, 0.3) is 0 Å². The minimum absolute atomic E-state index is 0.0765. The Hall–Kier alpha value is -1.87. The largest absolute Gasteiger partial charge is 0.457 e. The lowest BCUT2D eigenvalue weighted by Gasteiger charge is -2.33. The van der Waals surface area contributed by atoms with E-state index in [1.807, 2.05) is 32.3 Å². The average Bonchev–Trinajstić information content (AvgIpc) is 2.79. The molecule has 1 aliphatic heterocycles. The van der Waals surface area contributed by atoms with Gasteiger partial charge in [0.2, 0.25) is 0 Å². The zero-order chi connectivity index (χ0) is 15.7. The molecule has 3 nitrogen and oxygen atoms in total. The van der Waals surface area contributed by atoms with E-state index < -0.39 is 5.41 Å². The van der Waals surface area contributed by atoms with Crippen molar-refractivity contribution >= 4 is 5.97 Å². The van der Waals surface area contributed by atoms with E-state index in [0.29, 0.717) is 0 Å². The zero-order valence-corrected chi connectivity index (χ0v) is 13.5. The van der Waals surface area contributed by atoms with Gasteiger partial charge in [0.1, 0.15) is 11.5 Å². The molecule has 1 saturated heterocycles. The maximum absolute atomic E-state index is 12.9. The quantitative estimate of drug-likeness (QED) is 0.800. The molecule has 2 aliphatic rings. The van der Waals surface area contributed by atoms with E-state index in [0.717, 1.165) is 18.5 Å². The van der Waals surface area contributed by atoms with Crippen molar-refractivity contribution in [2.45, 2.75) is 24.9 Å². The van der Waals surface area contributed by atoms with Gasteiger partial charge in [0, 0.05) is 5.92 Å². The topological polar surface area (TPSA) is 29.5 Å². The smallest absolute Gasteiger partial charge is 0.317 e. The fourth-order valence-electron chi connectivity index (χ4n) is 3.48. The molecule has 0 bridgehead atoms. The van der Waals surface area contributed by atoms with E-state index in [1.54, 1.807) is 0 Å². The third kappa shape index (κ3) is 2.40. The molecule has 3 unspecified atom stereocenters. The van der Waals surface area contributed by atoms with Crippen molar-refractivity contribution in [2.24, 2.45) is 5.92 Å². The Morgan fingerprint density at radius 2 is 1.82 bits per heavy atom. The second-order valence-corrected chi connectivity index (χ2v) is 6.56. The predicted octanol–water partition coefficient (Wildman–Crippen LogP) is 2.85. The Morgan fingerprint density at radius 3 is 2.50 bits per heavy atom. The summed E-state index contributed by atoms with van der Waals surface area (Å²) in [6.45, 7) is 2.92. The number of rotatable bonds is 4. The van der Waals surface area contributed by atoms with Gasteiger partial charge in [-0.2, -0.15) is 0 Å². The van der Waals surface area contributed by atoms with Crippen LogP contribution in [0, 0.1) is 12.8 Å². The lowest BCUT2D eigenvalue weighted by Crippen LogP contribution is -2.41. The molecule has 0 saturated carbocycles. The van der Waals surface area contributed by atoms with Crippen molar-refractivity contribution in [2.75, 3.05) is 20.6 Å². The van der Waals surface area contributed by atoms with Crippen LogP contribution in [-0.4, -0.2) is 37.6 Å². The van der Waals surface area contributed by atoms with Gasteiger partial charge < -0.3 is 9.64 Å². The summed E-state index contributed by atoms with van der Waals surface area (Å²) in [5.41, 5.74) is 1.69. The monoisotopic (exact) mass is 297 g/mol. The van der Waals surface area contributed by atoms with E-state index in [2.05, 4.69) is 42.2 Å². The summed E-state index contributed by atoms with van der Waals surface area (Å²) >= 11 is 0. The number of fused-ring (bicyclic) bond motifs is 1. The van der Waals surface area contributed by atoms with Crippen LogP contribution >= 0.6 is 0 Å². The van der Waals surface area contributed by atoms with E-state index in [-0.39, 0.29) is 18.0 Å². The molecule has 3 rings (SSSR count). The molecule has 1 aliphatic carbocycles. The molecule has 0 amide bonds. The van der Waals surface area contributed by atoms with Crippen molar-refractivity contribution in [3.8, 4) is 0 Å². The zero-order valence-electron chi connectivity index (χ0n) is 13.5. The number of aryl methyl sites for hydroxylation is 1. The molecule has 3 heteroatoms. The summed E-state index contributed by atoms with van der Waals surface area (Å²) < 4.78 is 5.70. The van der Waals surface area contributed by atoms with Crippen LogP contribution in [0.15, 0.2) is 48.6 Å². The van der Waals surface area contributed by atoms with E-state index in [1.165, 1.54) is 5.56 Å². The number of ether oxygens (including phenoxy) is 1. The summed E-state index contributed by atoms with van der Waals surface area (Å²) in [6, 6.07) is 8.33. The SMILES string of the molecule is Cc1ccc(C2(CCN(C)C)C(=O)OC3C=CC=CC32)cc1. The van der Waals surface area contributed by atoms with Gasteiger partial charge >= 0.3 is 5.97 Å². The lowest BCUT2D eigenvalue weighted by molar-refractivity contribution is -0.144. The fraction of sp³-hybridized carbons (Fsp3) is 0.421. The van der Waals surface area contributed by atoms with Crippen molar-refractivity contribution in [1.82, 2.24) is 4.90 Å². The van der Waals surface area contributed by atoms with Gasteiger partial charge in [-0.25, -0.2) is 0 Å². The van der Waals surface area contributed by atoms with E-state index in [4.69, 9.17) is 4.74 Å². The minimum atomic E-state index is -0.579. The second kappa shape index (κ2) is 5.73. The Morgan fingerprint density at radius 1 is 1.14 bits per heavy atom. The fourth-order valence-corrected chi connectivity index (χ4v) is 3.48. The van der Waals surface area contributed by atoms with E-state index in [9.17, 15) is 4.79 Å². The number of nitrogens with zero attached hydrogens (tertiary/aromatic N) is 1. The molecule has 1 fully saturated rings. The van der Waals surface area contributed by atoms with Crippen LogP contribution in [0.4, 0.5) is 0 Å². The average molecular weight is 297 g/mol. The van der Waals surface area contributed by atoms with Crippen LogP contribution in [-0.2, 0) is 14.9 Å².